The maximum Gasteiger partial charge on any atom is 0.418 e. The van der Waals surface area contributed by atoms with Crippen molar-refractivity contribution in [1.82, 2.24) is 4.57 Å². The molecule has 0 saturated carbocycles. The van der Waals surface area contributed by atoms with Gasteiger partial charge in [-0.3, -0.25) is 4.79 Å². The minimum absolute atomic E-state index is 0.0929. The second kappa shape index (κ2) is 9.63. The van der Waals surface area contributed by atoms with Crippen molar-refractivity contribution in [2.24, 2.45) is 0 Å². The lowest BCUT2D eigenvalue weighted by atomic mass is 10.1. The summed E-state index contributed by atoms with van der Waals surface area (Å²) in [6.45, 7) is 2.61. The number of esters is 1. The number of halogens is 3. The molecule has 0 spiro atoms. The summed E-state index contributed by atoms with van der Waals surface area (Å²) < 4.78 is 47.7. The van der Waals surface area contributed by atoms with E-state index in [9.17, 15) is 18.0 Å². The monoisotopic (exact) mass is 466 g/mol. The standard InChI is InChI=1S/C27H25F3N2O2/c1-3-34-26(33)16-20-18-32(24-13-6-4-11-22(20)24)17-19-9-8-10-21(15-19)31(2)25-14-7-5-12-23(25)27(28,29)30/h4-15,18H,3,16-17H2,1-2H3. The molecule has 1 heterocycles. The Kier molecular flexibility index (Phi) is 6.63. The number of nitrogens with zero attached hydrogens (tertiary/aromatic N) is 2. The van der Waals surface area contributed by atoms with Crippen molar-refractivity contribution in [1.29, 1.82) is 0 Å². The lowest BCUT2D eigenvalue weighted by molar-refractivity contribution is -0.142. The van der Waals surface area contributed by atoms with Gasteiger partial charge in [0.2, 0.25) is 0 Å². The topological polar surface area (TPSA) is 34.5 Å². The Morgan fingerprint density at radius 2 is 1.74 bits per heavy atom. The van der Waals surface area contributed by atoms with E-state index in [1.165, 1.54) is 12.1 Å². The smallest absolute Gasteiger partial charge is 0.418 e. The molecule has 1 aromatic heterocycles. The van der Waals surface area contributed by atoms with Gasteiger partial charge in [0, 0.05) is 36.4 Å². The number of carbonyl (C=O) groups is 1. The van der Waals surface area contributed by atoms with E-state index in [0.717, 1.165) is 28.1 Å². The first-order chi connectivity index (χ1) is 16.3. The quantitative estimate of drug-likeness (QED) is 0.289. The van der Waals surface area contributed by atoms with Gasteiger partial charge in [-0.1, -0.05) is 42.5 Å². The van der Waals surface area contributed by atoms with Gasteiger partial charge in [-0.05, 0) is 48.4 Å². The van der Waals surface area contributed by atoms with Crippen LogP contribution in [0.4, 0.5) is 24.5 Å². The van der Waals surface area contributed by atoms with Crippen molar-refractivity contribution in [3.8, 4) is 0 Å². The summed E-state index contributed by atoms with van der Waals surface area (Å²) in [5, 5.41) is 0.975. The third kappa shape index (κ3) is 4.93. The number of carbonyl (C=O) groups excluding carboxylic acids is 1. The number of fused-ring (bicyclic) bond motifs is 1. The lowest BCUT2D eigenvalue weighted by Gasteiger charge is -2.24. The Balaban J connectivity index is 1.65. The highest BCUT2D eigenvalue weighted by atomic mass is 19.4. The molecule has 0 aliphatic rings. The Morgan fingerprint density at radius 3 is 2.50 bits per heavy atom. The maximum absolute atomic E-state index is 13.5. The number of benzene rings is 3. The molecule has 4 aromatic rings. The van der Waals surface area contributed by atoms with Crippen molar-refractivity contribution in [3.05, 3.63) is 95.7 Å². The van der Waals surface area contributed by atoms with Crippen molar-refractivity contribution in [3.63, 3.8) is 0 Å². The number of ether oxygens (including phenoxy) is 1. The minimum atomic E-state index is -4.44. The van der Waals surface area contributed by atoms with Crippen LogP contribution in [0.2, 0.25) is 0 Å². The van der Waals surface area contributed by atoms with E-state index in [1.54, 1.807) is 31.0 Å². The fourth-order valence-electron chi connectivity index (χ4n) is 4.17. The van der Waals surface area contributed by atoms with E-state index < -0.39 is 11.7 Å². The first-order valence-electron chi connectivity index (χ1n) is 11.0. The Hall–Kier alpha value is -3.74. The molecule has 0 aliphatic heterocycles. The van der Waals surface area contributed by atoms with Crippen molar-refractivity contribution >= 4 is 28.2 Å². The largest absolute Gasteiger partial charge is 0.466 e. The summed E-state index contributed by atoms with van der Waals surface area (Å²) in [5.74, 6) is -0.280. The second-order valence-corrected chi connectivity index (χ2v) is 8.03. The average molecular weight is 467 g/mol. The molecule has 0 fully saturated rings. The Morgan fingerprint density at radius 1 is 1.00 bits per heavy atom. The summed E-state index contributed by atoms with van der Waals surface area (Å²) >= 11 is 0. The van der Waals surface area contributed by atoms with Crippen molar-refractivity contribution in [2.45, 2.75) is 26.1 Å². The summed E-state index contributed by atoms with van der Waals surface area (Å²) in [6.07, 6.45) is -2.32. The van der Waals surface area contributed by atoms with Crippen LogP contribution in [0.3, 0.4) is 0 Å². The predicted molar refractivity (Wildman–Crippen MR) is 127 cm³/mol. The highest BCUT2D eigenvalue weighted by Gasteiger charge is 2.34. The van der Waals surface area contributed by atoms with Gasteiger partial charge in [0.05, 0.1) is 24.3 Å². The minimum Gasteiger partial charge on any atom is -0.466 e. The van der Waals surface area contributed by atoms with E-state index >= 15 is 0 Å². The van der Waals surface area contributed by atoms with E-state index in [2.05, 4.69) is 0 Å². The number of hydrogen-bond acceptors (Lipinski definition) is 3. The van der Waals surface area contributed by atoms with Gasteiger partial charge in [-0.15, -0.1) is 0 Å². The molecule has 0 atom stereocenters. The summed E-state index contributed by atoms with van der Waals surface area (Å²) in [5.41, 5.74) is 2.84. The number of anilines is 2. The SMILES string of the molecule is CCOC(=O)Cc1cn(Cc2cccc(N(C)c3ccccc3C(F)(F)F)c2)c2ccccc12. The first kappa shape index (κ1) is 23.4. The zero-order valence-corrected chi connectivity index (χ0v) is 19.0. The molecule has 0 N–H and O–H groups in total. The molecule has 0 saturated heterocycles. The zero-order valence-electron chi connectivity index (χ0n) is 19.0. The van der Waals surface area contributed by atoms with Crippen LogP contribution in [0.5, 0.6) is 0 Å². The van der Waals surface area contributed by atoms with Crippen LogP contribution in [0.25, 0.3) is 10.9 Å². The van der Waals surface area contributed by atoms with Gasteiger partial charge in [0.15, 0.2) is 0 Å². The van der Waals surface area contributed by atoms with Crippen molar-refractivity contribution < 1.29 is 22.7 Å². The molecule has 7 heteroatoms. The van der Waals surface area contributed by atoms with Gasteiger partial charge >= 0.3 is 12.1 Å². The highest BCUT2D eigenvalue weighted by Crippen LogP contribution is 2.38. The lowest BCUT2D eigenvalue weighted by Crippen LogP contribution is -2.16. The number of para-hydroxylation sites is 2. The second-order valence-electron chi connectivity index (χ2n) is 8.03. The summed E-state index contributed by atoms with van der Waals surface area (Å²) in [4.78, 5) is 13.6. The molecule has 34 heavy (non-hydrogen) atoms. The van der Waals surface area contributed by atoms with Crippen LogP contribution in [0.15, 0.2) is 79.0 Å². The van der Waals surface area contributed by atoms with Gasteiger partial charge in [0.1, 0.15) is 0 Å². The third-order valence-electron chi connectivity index (χ3n) is 5.73. The van der Waals surface area contributed by atoms with E-state index in [0.29, 0.717) is 18.8 Å². The Bertz CT molecular complexity index is 1310. The van der Waals surface area contributed by atoms with E-state index in [4.69, 9.17) is 4.74 Å². The van der Waals surface area contributed by atoms with Crippen LogP contribution < -0.4 is 4.90 Å². The molecular weight excluding hydrogens is 441 g/mol. The van der Waals surface area contributed by atoms with Gasteiger partial charge in [-0.2, -0.15) is 13.2 Å². The molecule has 0 aliphatic carbocycles. The third-order valence-corrected chi connectivity index (χ3v) is 5.73. The molecule has 0 radical (unpaired) electrons. The van der Waals surface area contributed by atoms with Crippen LogP contribution >= 0.6 is 0 Å². The first-order valence-corrected chi connectivity index (χ1v) is 11.0. The molecule has 4 rings (SSSR count). The number of hydrogen-bond donors (Lipinski definition) is 0. The van der Waals surface area contributed by atoms with E-state index in [-0.39, 0.29) is 18.1 Å². The Labute approximate surface area is 196 Å². The zero-order chi connectivity index (χ0) is 24.3. The normalized spacial score (nSPS) is 11.6. The van der Waals surface area contributed by atoms with Gasteiger partial charge < -0.3 is 14.2 Å². The molecule has 0 unspecified atom stereocenters. The fourth-order valence-corrected chi connectivity index (χ4v) is 4.17. The fraction of sp³-hybridized carbons (Fsp3) is 0.222. The molecule has 0 amide bonds. The summed E-state index contributed by atoms with van der Waals surface area (Å²) in [7, 11) is 1.63. The van der Waals surface area contributed by atoms with E-state index in [1.807, 2.05) is 53.2 Å². The molecule has 0 bridgehead atoms. The van der Waals surface area contributed by atoms with Crippen LogP contribution in [0, 0.1) is 0 Å². The predicted octanol–water partition coefficient (Wildman–Crippen LogP) is 6.58. The van der Waals surface area contributed by atoms with Crippen LogP contribution in [0.1, 0.15) is 23.6 Å². The molecular formula is C27H25F3N2O2. The summed E-state index contributed by atoms with van der Waals surface area (Å²) in [6, 6.07) is 20.8. The van der Waals surface area contributed by atoms with Crippen molar-refractivity contribution in [2.75, 3.05) is 18.6 Å². The van der Waals surface area contributed by atoms with Gasteiger partial charge in [0.25, 0.3) is 0 Å². The number of rotatable bonds is 7. The van der Waals surface area contributed by atoms with Crippen LogP contribution in [-0.2, 0) is 28.7 Å². The van der Waals surface area contributed by atoms with Gasteiger partial charge in [-0.25, -0.2) is 0 Å². The van der Waals surface area contributed by atoms with Crippen LogP contribution in [-0.4, -0.2) is 24.2 Å². The highest BCUT2D eigenvalue weighted by molar-refractivity contribution is 5.88. The maximum atomic E-state index is 13.5. The number of alkyl halides is 3. The molecule has 176 valence electrons. The molecule has 3 aromatic carbocycles. The average Bonchev–Trinajstić information content (AvgIpc) is 3.15. The number of aromatic nitrogens is 1. The molecule has 4 nitrogen and oxygen atoms in total.